The fraction of sp³-hybridized carbons (Fsp3) is 0.250. The van der Waals surface area contributed by atoms with Gasteiger partial charge >= 0.3 is 6.03 Å². The van der Waals surface area contributed by atoms with Crippen molar-refractivity contribution in [3.63, 3.8) is 0 Å². The van der Waals surface area contributed by atoms with Crippen LogP contribution in [0.1, 0.15) is 30.0 Å². The van der Waals surface area contributed by atoms with Gasteiger partial charge in [0.1, 0.15) is 19.5 Å². The van der Waals surface area contributed by atoms with Crippen LogP contribution in [0.3, 0.4) is 0 Å². The Morgan fingerprint density at radius 1 is 1.15 bits per heavy atom. The van der Waals surface area contributed by atoms with Gasteiger partial charge in [-0.05, 0) is 54.2 Å². The highest BCUT2D eigenvalue weighted by Gasteiger charge is 2.26. The van der Waals surface area contributed by atoms with E-state index in [0.29, 0.717) is 25.3 Å². The van der Waals surface area contributed by atoms with Gasteiger partial charge in [0, 0.05) is 61.6 Å². The molecule has 1 aliphatic rings. The summed E-state index contributed by atoms with van der Waals surface area (Å²) in [7, 11) is 2.01. The summed E-state index contributed by atoms with van der Waals surface area (Å²) in [5.74, 6) is 0.799. The lowest BCUT2D eigenvalue weighted by Crippen LogP contribution is -2.40. The molecule has 8 nitrogen and oxygen atoms in total. The van der Waals surface area contributed by atoms with Crippen molar-refractivity contribution in [3.8, 4) is 0 Å². The fourth-order valence-corrected chi connectivity index (χ4v) is 4.24. The van der Waals surface area contributed by atoms with E-state index in [0.717, 1.165) is 41.0 Å². The fourth-order valence-electron chi connectivity index (χ4n) is 4.24. The van der Waals surface area contributed by atoms with Crippen molar-refractivity contribution in [3.05, 3.63) is 78.1 Å². The number of halogens is 1. The second-order valence-electron chi connectivity index (χ2n) is 8.54. The molecule has 0 radical (unpaired) electrons. The third kappa shape index (κ3) is 4.71. The van der Waals surface area contributed by atoms with Crippen molar-refractivity contribution in [1.82, 2.24) is 24.5 Å². The van der Waals surface area contributed by atoms with E-state index >= 15 is 0 Å². The van der Waals surface area contributed by atoms with Crippen LogP contribution in [0.5, 0.6) is 0 Å². The molecule has 34 heavy (non-hydrogen) atoms. The first-order valence-corrected chi connectivity index (χ1v) is 11.4. The number of nitrogens with one attached hydrogen (secondary N) is 2. The van der Waals surface area contributed by atoms with Gasteiger partial charge < -0.3 is 15.5 Å². The van der Waals surface area contributed by atoms with Crippen LogP contribution >= 0.6 is 0 Å². The molecule has 1 saturated heterocycles. The van der Waals surface area contributed by atoms with E-state index in [1.54, 1.807) is 23.2 Å². The largest absolute Gasteiger partial charge is 0.366 e. The Hall–Kier alpha value is -3.95. The zero-order valence-electron chi connectivity index (χ0n) is 18.9. The Morgan fingerprint density at radius 2 is 1.94 bits per heavy atom. The number of hydrogen-bond donors (Lipinski definition) is 2. The minimum atomic E-state index is -0.328. The summed E-state index contributed by atoms with van der Waals surface area (Å²) in [4.78, 5) is 23.5. The molecule has 0 bridgehead atoms. The molecule has 2 amide bonds. The number of carbonyl (C=O) groups excluding carboxylic acids is 1. The highest BCUT2D eigenvalue weighted by Crippen LogP contribution is 2.29. The molecule has 0 aliphatic carbocycles. The van der Waals surface area contributed by atoms with Crippen LogP contribution in [0.15, 0.2) is 61.1 Å². The molecule has 0 atom stereocenters. The number of aromatic nitrogens is 4. The van der Waals surface area contributed by atoms with Gasteiger partial charge in [0.15, 0.2) is 5.65 Å². The number of anilines is 2. The van der Waals surface area contributed by atoms with Crippen molar-refractivity contribution in [2.24, 2.45) is 0 Å². The van der Waals surface area contributed by atoms with Crippen LogP contribution in [0.4, 0.5) is 20.7 Å². The van der Waals surface area contributed by atoms with Crippen molar-refractivity contribution in [2.45, 2.75) is 25.3 Å². The zero-order chi connectivity index (χ0) is 23.5. The molecule has 4 heterocycles. The Balaban J connectivity index is 1.28. The van der Waals surface area contributed by atoms with E-state index in [1.165, 1.54) is 12.1 Å². The lowest BCUT2D eigenvalue weighted by atomic mass is 9.93. The molecule has 3 aromatic heterocycles. The Bertz CT molecular complexity index is 1290. The van der Waals surface area contributed by atoms with Gasteiger partial charge in [0.2, 0.25) is 0 Å². The number of nitrogens with zero attached hydrogens (tertiary/aromatic N) is 5. The van der Waals surface area contributed by atoms with Gasteiger partial charge in [-0.1, -0.05) is 6.07 Å². The van der Waals surface area contributed by atoms with E-state index in [1.807, 2.05) is 36.9 Å². The summed E-state index contributed by atoms with van der Waals surface area (Å²) < 4.78 is 14.9. The molecular weight excluding hydrogens is 432 g/mol. The first-order chi connectivity index (χ1) is 16.6. The minimum absolute atomic E-state index is 0.168. The third-order valence-electron chi connectivity index (χ3n) is 6.16. The number of fused-ring (bicyclic) bond motifs is 1. The lowest BCUT2D eigenvalue weighted by molar-refractivity contribution is 0.194. The molecule has 0 spiro atoms. The van der Waals surface area contributed by atoms with Crippen molar-refractivity contribution >= 4 is 36.5 Å². The number of hydrogen-bond acceptors (Lipinski definition) is 5. The summed E-state index contributed by atoms with van der Waals surface area (Å²) in [5, 5.41) is 10.8. The Morgan fingerprint density at radius 3 is 2.68 bits per heavy atom. The molecule has 1 aromatic carbocycles. The highest BCUT2D eigenvalue weighted by molar-refractivity contribution is 6.36. The first kappa shape index (κ1) is 21.9. The average Bonchev–Trinajstić information content (AvgIpc) is 3.25. The van der Waals surface area contributed by atoms with Crippen LogP contribution in [-0.2, 0) is 6.54 Å². The second-order valence-corrected chi connectivity index (χ2v) is 8.54. The number of rotatable bonds is 5. The Kier molecular flexibility index (Phi) is 6.11. The number of amides is 2. The standard InChI is InChI=1S/C24H25BFN7O/c25-20-15-29-33-22(28-14-16-2-1-9-27-13-16)12-21(31-23(20)33)17-7-10-32(11-8-17)24(34)30-19-5-3-18(26)4-6-19/h1-6,9,12-13,15,17,28H,7-8,10-11,14,25H2,(H,30,34). The SMILES string of the molecule is Bc1cnn2c(NCc3cccnc3)cc(C3CCN(C(=O)Nc4ccc(F)cc4)CC3)nc12. The molecule has 10 heteroatoms. The lowest BCUT2D eigenvalue weighted by Gasteiger charge is -2.32. The normalized spacial score (nSPS) is 14.3. The second kappa shape index (κ2) is 9.50. The number of pyridine rings is 1. The molecule has 2 N–H and O–H groups in total. The Labute approximate surface area is 197 Å². The van der Waals surface area contributed by atoms with Crippen LogP contribution in [0, 0.1) is 5.82 Å². The van der Waals surface area contributed by atoms with Crippen molar-refractivity contribution in [2.75, 3.05) is 23.7 Å². The monoisotopic (exact) mass is 457 g/mol. The van der Waals surface area contributed by atoms with Gasteiger partial charge in [0.25, 0.3) is 0 Å². The quantitative estimate of drug-likeness (QED) is 0.450. The van der Waals surface area contributed by atoms with Crippen molar-refractivity contribution < 1.29 is 9.18 Å². The number of urea groups is 1. The molecule has 1 aliphatic heterocycles. The maximum atomic E-state index is 13.1. The van der Waals surface area contributed by atoms with Crippen LogP contribution in [0.25, 0.3) is 5.65 Å². The maximum Gasteiger partial charge on any atom is 0.321 e. The number of likely N-dealkylation sites (tertiary alicyclic amines) is 1. The smallest absolute Gasteiger partial charge is 0.321 e. The maximum absolute atomic E-state index is 13.1. The van der Waals surface area contributed by atoms with Gasteiger partial charge in [-0.2, -0.15) is 9.61 Å². The molecule has 0 saturated carbocycles. The average molecular weight is 457 g/mol. The highest BCUT2D eigenvalue weighted by atomic mass is 19.1. The summed E-state index contributed by atoms with van der Waals surface area (Å²) in [5.41, 5.74) is 4.52. The van der Waals surface area contributed by atoms with E-state index in [2.05, 4.69) is 26.8 Å². The summed E-state index contributed by atoms with van der Waals surface area (Å²) in [6.07, 6.45) is 7.05. The third-order valence-corrected chi connectivity index (χ3v) is 6.16. The molecule has 0 unspecified atom stereocenters. The van der Waals surface area contributed by atoms with Gasteiger partial charge in [-0.3, -0.25) is 4.98 Å². The molecule has 4 aromatic rings. The van der Waals surface area contributed by atoms with E-state index in [-0.39, 0.29) is 17.8 Å². The minimum Gasteiger partial charge on any atom is -0.366 e. The van der Waals surface area contributed by atoms with Gasteiger partial charge in [-0.25, -0.2) is 14.2 Å². The molecule has 172 valence electrons. The van der Waals surface area contributed by atoms with Crippen molar-refractivity contribution in [1.29, 1.82) is 0 Å². The van der Waals surface area contributed by atoms with Crippen LogP contribution in [0.2, 0.25) is 0 Å². The van der Waals surface area contributed by atoms with Crippen LogP contribution in [-0.4, -0.2) is 51.4 Å². The number of piperidine rings is 1. The summed E-state index contributed by atoms with van der Waals surface area (Å²) in [6, 6.07) is 11.6. The summed E-state index contributed by atoms with van der Waals surface area (Å²) >= 11 is 0. The number of benzene rings is 1. The predicted molar refractivity (Wildman–Crippen MR) is 132 cm³/mol. The van der Waals surface area contributed by atoms with Gasteiger partial charge in [-0.15, -0.1) is 0 Å². The van der Waals surface area contributed by atoms with E-state index in [9.17, 15) is 9.18 Å². The topological polar surface area (TPSA) is 87.5 Å². The molecule has 1 fully saturated rings. The van der Waals surface area contributed by atoms with E-state index in [4.69, 9.17) is 4.98 Å². The summed E-state index contributed by atoms with van der Waals surface area (Å²) in [6.45, 7) is 1.88. The first-order valence-electron chi connectivity index (χ1n) is 11.4. The van der Waals surface area contributed by atoms with Gasteiger partial charge in [0.05, 0.1) is 0 Å². The van der Waals surface area contributed by atoms with E-state index < -0.39 is 0 Å². The number of carbonyl (C=O) groups is 1. The molecule has 5 rings (SSSR count). The predicted octanol–water partition coefficient (Wildman–Crippen LogP) is 2.55. The van der Waals surface area contributed by atoms with Crippen LogP contribution < -0.4 is 16.1 Å². The molecular formula is C24H25BFN7O. The zero-order valence-corrected chi connectivity index (χ0v) is 18.9.